The summed E-state index contributed by atoms with van der Waals surface area (Å²) in [5.74, 6) is 0.131. The lowest BCUT2D eigenvalue weighted by Gasteiger charge is -1.98. The van der Waals surface area contributed by atoms with E-state index in [1.807, 2.05) is 0 Å². The minimum Gasteiger partial charge on any atom is -0.505 e. The van der Waals surface area contributed by atoms with Gasteiger partial charge in [-0.3, -0.25) is 8.75 Å². The summed E-state index contributed by atoms with van der Waals surface area (Å²) in [7, 11) is 1.70. The van der Waals surface area contributed by atoms with Crippen LogP contribution in [0.1, 0.15) is 0 Å². The molecule has 0 aromatic carbocycles. The molecule has 2 rings (SSSR count). The molecule has 0 amide bonds. The summed E-state index contributed by atoms with van der Waals surface area (Å²) in [5, 5.41) is 10.00. The van der Waals surface area contributed by atoms with Crippen LogP contribution in [-0.2, 0) is 7.05 Å². The molecule has 78 valence electrons. The van der Waals surface area contributed by atoms with Crippen LogP contribution in [0.25, 0.3) is 0 Å². The number of nitrogens with zero attached hydrogens (tertiary/aromatic N) is 2. The molecule has 2 heterocycles. The van der Waals surface area contributed by atoms with Crippen LogP contribution < -0.4 is 5.56 Å². The van der Waals surface area contributed by atoms with Crippen LogP contribution in [0.3, 0.4) is 0 Å². The van der Waals surface area contributed by atoms with Gasteiger partial charge in [0, 0.05) is 19.3 Å². The quantitative estimate of drug-likeness (QED) is 0.868. The van der Waals surface area contributed by atoms with E-state index in [1.165, 1.54) is 33.3 Å². The molecular formula is C9H8N2O2S2. The molecule has 1 N–H and O–H groups in total. The average molecular weight is 240 g/mol. The maximum atomic E-state index is 11.2. The van der Waals surface area contributed by atoms with E-state index in [-0.39, 0.29) is 11.3 Å². The maximum absolute atomic E-state index is 11.2. The minimum absolute atomic E-state index is 0.0436. The summed E-state index contributed by atoms with van der Waals surface area (Å²) < 4.78 is 2.35. The monoisotopic (exact) mass is 240 g/mol. The van der Waals surface area contributed by atoms with E-state index in [0.717, 1.165) is 4.21 Å². The molecule has 0 spiro atoms. The molecule has 0 aliphatic carbocycles. The number of aryl methyl sites for hydroxylation is 1. The first-order chi connectivity index (χ1) is 7.16. The van der Waals surface area contributed by atoms with Crippen molar-refractivity contribution in [3.63, 3.8) is 0 Å². The molecule has 4 nitrogen and oxygen atoms in total. The van der Waals surface area contributed by atoms with E-state index in [4.69, 9.17) is 0 Å². The van der Waals surface area contributed by atoms with Crippen molar-refractivity contribution in [1.82, 2.24) is 8.94 Å². The maximum Gasteiger partial charge on any atom is 0.261 e. The molecule has 0 aliphatic rings. The van der Waals surface area contributed by atoms with Crippen molar-refractivity contribution in [2.45, 2.75) is 9.24 Å². The zero-order chi connectivity index (χ0) is 10.8. The highest BCUT2D eigenvalue weighted by atomic mass is 32.2. The van der Waals surface area contributed by atoms with Gasteiger partial charge in [0.25, 0.3) is 5.56 Å². The molecule has 2 aromatic rings. The van der Waals surface area contributed by atoms with E-state index in [9.17, 15) is 9.90 Å². The Bertz CT molecular complexity index is 533. The van der Waals surface area contributed by atoms with Crippen LogP contribution in [0.15, 0.2) is 38.4 Å². The van der Waals surface area contributed by atoms with Gasteiger partial charge in [-0.1, -0.05) is 11.8 Å². The van der Waals surface area contributed by atoms with Crippen LogP contribution in [0.4, 0.5) is 0 Å². The third-order valence-corrected chi connectivity index (χ3v) is 3.78. The molecule has 0 aliphatic heterocycles. The molecule has 6 heteroatoms. The van der Waals surface area contributed by atoms with Gasteiger partial charge in [0.15, 0.2) is 0 Å². The zero-order valence-electron chi connectivity index (χ0n) is 7.88. The van der Waals surface area contributed by atoms with E-state index in [2.05, 4.69) is 4.98 Å². The van der Waals surface area contributed by atoms with Gasteiger partial charge in [0.2, 0.25) is 0 Å². The number of pyridine rings is 1. The smallest absolute Gasteiger partial charge is 0.261 e. The first-order valence-corrected chi connectivity index (χ1v) is 5.75. The fourth-order valence-electron chi connectivity index (χ4n) is 1.00. The Labute approximate surface area is 94.4 Å². The summed E-state index contributed by atoms with van der Waals surface area (Å²) in [5.41, 5.74) is -0.0436. The number of aromatic nitrogens is 2. The SMILES string of the molecule is Cn1sc(Sc2ncccc2O)cc1=O. The largest absolute Gasteiger partial charge is 0.505 e. The second-order valence-corrected chi connectivity index (χ2v) is 5.28. The van der Waals surface area contributed by atoms with Gasteiger partial charge < -0.3 is 5.11 Å². The van der Waals surface area contributed by atoms with Gasteiger partial charge >= 0.3 is 0 Å². The lowest BCUT2D eigenvalue weighted by Crippen LogP contribution is -2.05. The van der Waals surface area contributed by atoms with E-state index < -0.39 is 0 Å². The lowest BCUT2D eigenvalue weighted by molar-refractivity contribution is 0.457. The van der Waals surface area contributed by atoms with Gasteiger partial charge in [-0.25, -0.2) is 4.98 Å². The molecule has 0 saturated heterocycles. The van der Waals surface area contributed by atoms with Crippen molar-refractivity contribution in [3.05, 3.63) is 34.7 Å². The van der Waals surface area contributed by atoms with Gasteiger partial charge in [0.1, 0.15) is 10.8 Å². The first-order valence-electron chi connectivity index (χ1n) is 4.16. The van der Waals surface area contributed by atoms with Crippen molar-refractivity contribution >= 4 is 23.3 Å². The summed E-state index contributed by atoms with van der Waals surface area (Å²) in [6, 6.07) is 4.76. The Kier molecular flexibility index (Phi) is 2.79. The summed E-state index contributed by atoms with van der Waals surface area (Å²) in [6.45, 7) is 0. The van der Waals surface area contributed by atoms with Gasteiger partial charge in [0.05, 0.1) is 4.21 Å². The van der Waals surface area contributed by atoms with Crippen molar-refractivity contribution in [1.29, 1.82) is 0 Å². The fourth-order valence-corrected chi connectivity index (χ4v) is 2.93. The molecule has 0 saturated carbocycles. The van der Waals surface area contributed by atoms with Crippen molar-refractivity contribution in [2.75, 3.05) is 0 Å². The zero-order valence-corrected chi connectivity index (χ0v) is 9.51. The number of hydrogen-bond donors (Lipinski definition) is 1. The average Bonchev–Trinajstić information content (AvgIpc) is 2.50. The Morgan fingerprint density at radius 3 is 3.00 bits per heavy atom. The molecule has 2 aromatic heterocycles. The molecule has 0 atom stereocenters. The Morgan fingerprint density at radius 1 is 1.60 bits per heavy atom. The lowest BCUT2D eigenvalue weighted by atomic mass is 10.5. The third kappa shape index (κ3) is 2.21. The standard InChI is InChI=1S/C9H8N2O2S2/c1-11-7(13)5-8(15-11)14-9-6(12)3-2-4-10-9/h2-5,12H,1H3. The Hall–Kier alpha value is -1.27. The summed E-state index contributed by atoms with van der Waals surface area (Å²) >= 11 is 2.62. The molecule has 15 heavy (non-hydrogen) atoms. The molecule has 0 radical (unpaired) electrons. The molecule has 0 unspecified atom stereocenters. The van der Waals surface area contributed by atoms with Crippen LogP contribution >= 0.6 is 23.3 Å². The summed E-state index contributed by atoms with van der Waals surface area (Å²) in [4.78, 5) is 15.2. The molecule has 0 fully saturated rings. The van der Waals surface area contributed by atoms with Gasteiger partial charge in [-0.15, -0.1) is 0 Å². The predicted octanol–water partition coefficient (Wildman–Crippen LogP) is 1.70. The summed E-state index contributed by atoms with van der Waals surface area (Å²) in [6.07, 6.45) is 1.60. The van der Waals surface area contributed by atoms with Crippen LogP contribution in [-0.4, -0.2) is 14.0 Å². The van der Waals surface area contributed by atoms with E-state index >= 15 is 0 Å². The van der Waals surface area contributed by atoms with Crippen LogP contribution in [0, 0.1) is 0 Å². The predicted molar refractivity (Wildman–Crippen MR) is 59.6 cm³/mol. The fraction of sp³-hybridized carbons (Fsp3) is 0.111. The van der Waals surface area contributed by atoms with Gasteiger partial charge in [-0.2, -0.15) is 0 Å². The topological polar surface area (TPSA) is 55.1 Å². The molecular weight excluding hydrogens is 232 g/mol. The highest BCUT2D eigenvalue weighted by molar-refractivity contribution is 8.01. The van der Waals surface area contributed by atoms with E-state index in [1.54, 1.807) is 25.4 Å². The second kappa shape index (κ2) is 4.08. The second-order valence-electron chi connectivity index (χ2n) is 2.82. The van der Waals surface area contributed by atoms with Crippen molar-refractivity contribution in [2.24, 2.45) is 7.05 Å². The Morgan fingerprint density at radius 2 is 2.40 bits per heavy atom. The van der Waals surface area contributed by atoms with Crippen molar-refractivity contribution in [3.8, 4) is 5.75 Å². The number of aromatic hydroxyl groups is 1. The van der Waals surface area contributed by atoms with Crippen LogP contribution in [0.2, 0.25) is 0 Å². The van der Waals surface area contributed by atoms with E-state index in [0.29, 0.717) is 5.03 Å². The number of hydrogen-bond acceptors (Lipinski definition) is 5. The van der Waals surface area contributed by atoms with Crippen LogP contribution in [0.5, 0.6) is 5.75 Å². The van der Waals surface area contributed by atoms with Crippen molar-refractivity contribution < 1.29 is 5.11 Å². The number of rotatable bonds is 2. The Balaban J connectivity index is 2.30. The highest BCUT2D eigenvalue weighted by Gasteiger charge is 2.07. The third-order valence-electron chi connectivity index (χ3n) is 1.73. The highest BCUT2D eigenvalue weighted by Crippen LogP contribution is 2.33. The minimum atomic E-state index is -0.0436. The van der Waals surface area contributed by atoms with Gasteiger partial charge in [-0.05, 0) is 23.7 Å². The molecule has 0 bridgehead atoms. The first kappa shape index (κ1) is 10.3. The normalized spacial score (nSPS) is 10.5.